The molecule has 3 nitrogen and oxygen atoms in total. The maximum absolute atomic E-state index is 12.8. The Morgan fingerprint density at radius 1 is 1.29 bits per heavy atom. The Bertz CT molecular complexity index is 588. The van der Waals surface area contributed by atoms with E-state index in [0.29, 0.717) is 0 Å². The highest BCUT2D eigenvalue weighted by Crippen LogP contribution is 2.43. The molecule has 1 heterocycles. The molecule has 0 saturated heterocycles. The van der Waals surface area contributed by atoms with Gasteiger partial charge >= 0.3 is 0 Å². The predicted molar refractivity (Wildman–Crippen MR) is 60.4 cm³/mol. The normalized spacial score (nSPS) is 16.5. The van der Waals surface area contributed by atoms with Gasteiger partial charge in [0.05, 0.1) is 18.1 Å². The average Bonchev–Trinajstić information content (AvgIpc) is 3.00. The van der Waals surface area contributed by atoms with E-state index < -0.39 is 0 Å². The number of nitriles is 1. The summed E-state index contributed by atoms with van der Waals surface area (Å²) in [5, 5.41) is 9.08. The molecule has 0 aliphatic heterocycles. The Morgan fingerprint density at radius 3 is 2.59 bits per heavy atom. The first-order chi connectivity index (χ1) is 8.23. The molecule has 0 bridgehead atoms. The molecule has 2 aromatic rings. The lowest BCUT2D eigenvalue weighted by Crippen LogP contribution is -2.11. The number of imidazole rings is 1. The van der Waals surface area contributed by atoms with Crippen LogP contribution in [-0.4, -0.2) is 9.55 Å². The molecule has 1 aromatic heterocycles. The molecule has 1 fully saturated rings. The fraction of sp³-hybridized carbons (Fsp3) is 0.231. The van der Waals surface area contributed by atoms with E-state index in [1.54, 1.807) is 18.5 Å². The summed E-state index contributed by atoms with van der Waals surface area (Å²) >= 11 is 0. The van der Waals surface area contributed by atoms with E-state index in [0.717, 1.165) is 24.1 Å². The van der Waals surface area contributed by atoms with Crippen LogP contribution in [0.2, 0.25) is 0 Å². The van der Waals surface area contributed by atoms with E-state index in [2.05, 4.69) is 11.1 Å². The molecule has 0 radical (unpaired) electrons. The van der Waals surface area contributed by atoms with Crippen LogP contribution in [0.3, 0.4) is 0 Å². The van der Waals surface area contributed by atoms with E-state index in [9.17, 15) is 4.39 Å². The van der Waals surface area contributed by atoms with E-state index in [1.807, 2.05) is 10.8 Å². The molecule has 84 valence electrons. The van der Waals surface area contributed by atoms with Crippen LogP contribution in [0.15, 0.2) is 36.8 Å². The summed E-state index contributed by atoms with van der Waals surface area (Å²) in [5.74, 6) is -0.260. The Balaban J connectivity index is 1.96. The summed E-state index contributed by atoms with van der Waals surface area (Å²) in [7, 11) is 0. The summed E-state index contributed by atoms with van der Waals surface area (Å²) in [6.07, 6.45) is 5.28. The van der Waals surface area contributed by atoms with Crippen LogP contribution in [0, 0.1) is 17.1 Å². The third-order valence-electron chi connectivity index (χ3n) is 3.15. The molecule has 1 aliphatic carbocycles. The van der Waals surface area contributed by atoms with E-state index in [4.69, 9.17) is 5.26 Å². The fourth-order valence-electron chi connectivity index (χ4n) is 1.87. The number of rotatable bonds is 2. The van der Waals surface area contributed by atoms with Gasteiger partial charge in [0.2, 0.25) is 0 Å². The van der Waals surface area contributed by atoms with Crippen molar-refractivity contribution in [1.82, 2.24) is 9.55 Å². The summed E-state index contributed by atoms with van der Waals surface area (Å²) in [5.41, 5.74) is 1.25. The summed E-state index contributed by atoms with van der Waals surface area (Å²) in [6.45, 7) is 0. The predicted octanol–water partition coefficient (Wildman–Crippen LogP) is 2.70. The summed E-state index contributed by atoms with van der Waals surface area (Å²) < 4.78 is 14.6. The van der Waals surface area contributed by atoms with Gasteiger partial charge in [0.1, 0.15) is 11.4 Å². The minimum atomic E-state index is -0.384. The molecule has 17 heavy (non-hydrogen) atoms. The van der Waals surface area contributed by atoms with Gasteiger partial charge in [-0.15, -0.1) is 0 Å². The highest BCUT2D eigenvalue weighted by Gasteiger charge is 2.45. The van der Waals surface area contributed by atoms with Gasteiger partial charge < -0.3 is 4.57 Å². The maximum atomic E-state index is 12.8. The van der Waals surface area contributed by atoms with Crippen molar-refractivity contribution in [1.29, 1.82) is 5.26 Å². The average molecular weight is 227 g/mol. The number of halogens is 1. The van der Waals surface area contributed by atoms with Crippen molar-refractivity contribution in [3.8, 4) is 17.3 Å². The Kier molecular flexibility index (Phi) is 2.02. The van der Waals surface area contributed by atoms with Gasteiger partial charge in [0, 0.05) is 11.8 Å². The highest BCUT2D eigenvalue weighted by atomic mass is 19.1. The standard InChI is InChI=1S/C13H10FN3/c14-11-3-1-10(2-4-11)12-7-17(9-16-12)13(8-15)5-6-13/h1-4,7,9H,5-6H2. The van der Waals surface area contributed by atoms with Crippen molar-refractivity contribution < 1.29 is 4.39 Å². The van der Waals surface area contributed by atoms with Crippen molar-refractivity contribution in [3.05, 3.63) is 42.6 Å². The molecule has 3 rings (SSSR count). The first-order valence-corrected chi connectivity index (χ1v) is 5.45. The van der Waals surface area contributed by atoms with Crippen LogP contribution in [0.25, 0.3) is 11.3 Å². The summed E-state index contributed by atoms with van der Waals surface area (Å²) in [4.78, 5) is 4.26. The number of benzene rings is 1. The lowest BCUT2D eigenvalue weighted by atomic mass is 10.2. The van der Waals surface area contributed by atoms with Gasteiger partial charge in [-0.3, -0.25) is 0 Å². The number of aromatic nitrogens is 2. The summed E-state index contributed by atoms with van der Waals surface area (Å²) in [6, 6.07) is 8.50. The quantitative estimate of drug-likeness (QED) is 0.791. The third-order valence-corrected chi connectivity index (χ3v) is 3.15. The second-order valence-electron chi connectivity index (χ2n) is 4.32. The molecule has 0 spiro atoms. The molecular formula is C13H10FN3. The number of hydrogen-bond acceptors (Lipinski definition) is 2. The highest BCUT2D eigenvalue weighted by molar-refractivity contribution is 5.58. The Labute approximate surface area is 98.1 Å². The Morgan fingerprint density at radius 2 is 2.00 bits per heavy atom. The molecule has 1 aromatic carbocycles. The maximum Gasteiger partial charge on any atom is 0.132 e. The van der Waals surface area contributed by atoms with Crippen LogP contribution in [0.1, 0.15) is 12.8 Å². The van der Waals surface area contributed by atoms with Crippen LogP contribution in [0.4, 0.5) is 4.39 Å². The zero-order valence-electron chi connectivity index (χ0n) is 9.10. The minimum Gasteiger partial charge on any atom is -0.318 e. The van der Waals surface area contributed by atoms with Crippen LogP contribution in [0.5, 0.6) is 0 Å². The topological polar surface area (TPSA) is 41.6 Å². The van der Waals surface area contributed by atoms with Crippen molar-refractivity contribution >= 4 is 0 Å². The first-order valence-electron chi connectivity index (χ1n) is 5.45. The van der Waals surface area contributed by atoms with Gasteiger partial charge in [-0.1, -0.05) is 0 Å². The second-order valence-corrected chi connectivity index (χ2v) is 4.32. The first kappa shape index (κ1) is 10.0. The lowest BCUT2D eigenvalue weighted by Gasteiger charge is -2.05. The van der Waals surface area contributed by atoms with Crippen molar-refractivity contribution in [3.63, 3.8) is 0 Å². The molecular weight excluding hydrogens is 217 g/mol. The smallest absolute Gasteiger partial charge is 0.132 e. The Hall–Kier alpha value is -2.15. The molecule has 0 atom stereocenters. The fourth-order valence-corrected chi connectivity index (χ4v) is 1.87. The molecule has 1 saturated carbocycles. The molecule has 4 heteroatoms. The minimum absolute atomic E-state index is 0.260. The van der Waals surface area contributed by atoms with E-state index in [-0.39, 0.29) is 11.4 Å². The SMILES string of the molecule is N#CC1(n2cnc(-c3ccc(F)cc3)c2)CC1. The van der Waals surface area contributed by atoms with Crippen LogP contribution < -0.4 is 0 Å². The number of hydrogen-bond donors (Lipinski definition) is 0. The monoisotopic (exact) mass is 227 g/mol. The van der Waals surface area contributed by atoms with E-state index >= 15 is 0 Å². The van der Waals surface area contributed by atoms with Gasteiger partial charge in [-0.2, -0.15) is 5.26 Å². The van der Waals surface area contributed by atoms with Crippen molar-refractivity contribution in [2.24, 2.45) is 0 Å². The largest absolute Gasteiger partial charge is 0.318 e. The molecule has 0 unspecified atom stereocenters. The van der Waals surface area contributed by atoms with Gasteiger partial charge in [-0.05, 0) is 37.1 Å². The number of nitrogens with zero attached hydrogens (tertiary/aromatic N) is 3. The second kappa shape index (κ2) is 3.42. The zero-order chi connectivity index (χ0) is 11.9. The van der Waals surface area contributed by atoms with Crippen LogP contribution >= 0.6 is 0 Å². The zero-order valence-corrected chi connectivity index (χ0v) is 9.10. The third kappa shape index (κ3) is 1.60. The van der Waals surface area contributed by atoms with Crippen molar-refractivity contribution in [2.45, 2.75) is 18.4 Å². The lowest BCUT2D eigenvalue weighted by molar-refractivity contribution is 0.608. The van der Waals surface area contributed by atoms with Gasteiger partial charge in [0.25, 0.3) is 0 Å². The van der Waals surface area contributed by atoms with Crippen molar-refractivity contribution in [2.75, 3.05) is 0 Å². The molecule has 0 N–H and O–H groups in total. The van der Waals surface area contributed by atoms with Crippen LogP contribution in [-0.2, 0) is 5.54 Å². The van der Waals surface area contributed by atoms with Gasteiger partial charge in [-0.25, -0.2) is 9.37 Å². The van der Waals surface area contributed by atoms with Gasteiger partial charge in [0.15, 0.2) is 0 Å². The molecule has 1 aliphatic rings. The molecule has 0 amide bonds. The van der Waals surface area contributed by atoms with E-state index in [1.165, 1.54) is 12.1 Å².